The highest BCUT2D eigenvalue weighted by Crippen LogP contribution is 2.26. The lowest BCUT2D eigenvalue weighted by molar-refractivity contribution is -0.148. The highest BCUT2D eigenvalue weighted by atomic mass is 35.5. The molecule has 1 unspecified atom stereocenters. The fraction of sp³-hybridized carbons (Fsp3) is 0.385. The second-order valence-electron chi connectivity index (χ2n) is 4.72. The van der Waals surface area contributed by atoms with Crippen molar-refractivity contribution in [2.45, 2.75) is 20.0 Å². The van der Waals surface area contributed by atoms with E-state index >= 15 is 0 Å². The van der Waals surface area contributed by atoms with Crippen LogP contribution >= 0.6 is 11.6 Å². The number of rotatable bonds is 2. The first-order chi connectivity index (χ1) is 8.91. The molecule has 1 heterocycles. The molecule has 1 atom stereocenters. The van der Waals surface area contributed by atoms with Gasteiger partial charge in [0.1, 0.15) is 0 Å². The van der Waals surface area contributed by atoms with Crippen molar-refractivity contribution in [1.29, 1.82) is 0 Å². The van der Waals surface area contributed by atoms with Crippen LogP contribution in [0.25, 0.3) is 0 Å². The minimum Gasteiger partial charge on any atom is -0.271 e. The summed E-state index contributed by atoms with van der Waals surface area (Å²) < 4.78 is 0. The normalized spacial score (nSPS) is 20.4. The number of nitrogens with zero attached hydrogens (tertiary/aromatic N) is 2. The molecule has 1 aliphatic heterocycles. The van der Waals surface area contributed by atoms with Crippen LogP contribution in [0.4, 0.5) is 10.5 Å². The lowest BCUT2D eigenvalue weighted by Crippen LogP contribution is -2.57. The van der Waals surface area contributed by atoms with Crippen molar-refractivity contribution in [2.24, 2.45) is 5.92 Å². The Morgan fingerprint density at radius 2 is 1.79 bits per heavy atom. The van der Waals surface area contributed by atoms with Gasteiger partial charge in [0, 0.05) is 12.1 Å². The van der Waals surface area contributed by atoms with Gasteiger partial charge in [0.15, 0.2) is 6.10 Å². The van der Waals surface area contributed by atoms with Crippen molar-refractivity contribution in [3.63, 3.8) is 0 Å². The summed E-state index contributed by atoms with van der Waals surface area (Å²) in [5.74, 6) is -0.358. The summed E-state index contributed by atoms with van der Waals surface area (Å²) >= 11 is 5.81. The van der Waals surface area contributed by atoms with Crippen LogP contribution < -0.4 is 5.06 Å². The molecular formula is C13H15ClN2O3. The van der Waals surface area contributed by atoms with E-state index in [1.54, 1.807) is 24.3 Å². The molecule has 102 valence electrons. The zero-order valence-corrected chi connectivity index (χ0v) is 11.7. The van der Waals surface area contributed by atoms with E-state index in [-0.39, 0.29) is 11.8 Å². The van der Waals surface area contributed by atoms with Gasteiger partial charge in [-0.1, -0.05) is 25.4 Å². The molecule has 0 bridgehead atoms. The lowest BCUT2D eigenvalue weighted by atomic mass is 10.1. The summed E-state index contributed by atoms with van der Waals surface area (Å²) in [5, 5.41) is 1.70. The Morgan fingerprint density at radius 3 is 2.32 bits per heavy atom. The maximum Gasteiger partial charge on any atom is 0.355 e. The zero-order chi connectivity index (χ0) is 14.2. The maximum absolute atomic E-state index is 12.1. The standard InChI is InChI=1S/C13H15ClN2O3/c1-8(2)11-12(17)15(3)13(18)16(19-11)10-6-4-9(14)5-7-10/h4-8,11H,1-3H3. The van der Waals surface area contributed by atoms with Gasteiger partial charge in [0.2, 0.25) is 0 Å². The number of carbonyl (C=O) groups excluding carboxylic acids is 2. The molecule has 1 aromatic carbocycles. The van der Waals surface area contributed by atoms with Crippen molar-refractivity contribution in [3.8, 4) is 0 Å². The first-order valence-corrected chi connectivity index (χ1v) is 6.33. The molecule has 1 fully saturated rings. The first kappa shape index (κ1) is 13.8. The molecule has 5 nitrogen and oxygen atoms in total. The SMILES string of the molecule is CC(C)C1ON(c2ccc(Cl)cc2)C(=O)N(C)C1=O. The topological polar surface area (TPSA) is 49.9 Å². The largest absolute Gasteiger partial charge is 0.355 e. The molecule has 0 aromatic heterocycles. The molecule has 19 heavy (non-hydrogen) atoms. The fourth-order valence-electron chi connectivity index (χ4n) is 1.78. The van der Waals surface area contributed by atoms with E-state index in [2.05, 4.69) is 0 Å². The number of carbonyl (C=O) groups is 2. The minimum absolute atomic E-state index is 0.0298. The number of benzene rings is 1. The van der Waals surface area contributed by atoms with Gasteiger partial charge >= 0.3 is 6.03 Å². The smallest absolute Gasteiger partial charge is 0.271 e. The number of likely N-dealkylation sites (N-methyl/N-ethyl adjacent to an activating group) is 1. The van der Waals surface area contributed by atoms with Crippen LogP contribution in [-0.4, -0.2) is 30.0 Å². The van der Waals surface area contributed by atoms with Crippen LogP contribution in [0.3, 0.4) is 0 Å². The summed E-state index contributed by atoms with van der Waals surface area (Å²) in [5.41, 5.74) is 0.541. The Hall–Kier alpha value is -1.59. The van der Waals surface area contributed by atoms with Crippen LogP contribution in [0, 0.1) is 5.92 Å². The Morgan fingerprint density at radius 1 is 1.21 bits per heavy atom. The third kappa shape index (κ3) is 2.57. The molecule has 3 amide bonds. The molecule has 1 saturated heterocycles. The second kappa shape index (κ2) is 5.19. The number of hydrogen-bond acceptors (Lipinski definition) is 3. The lowest BCUT2D eigenvalue weighted by Gasteiger charge is -2.37. The molecule has 6 heteroatoms. The van der Waals surface area contributed by atoms with Gasteiger partial charge in [-0.3, -0.25) is 14.5 Å². The number of anilines is 1. The van der Waals surface area contributed by atoms with Crippen LogP contribution in [0.2, 0.25) is 5.02 Å². The van der Waals surface area contributed by atoms with Crippen molar-refractivity contribution in [3.05, 3.63) is 29.3 Å². The molecule has 1 aromatic rings. The average Bonchev–Trinajstić information content (AvgIpc) is 2.37. The van der Waals surface area contributed by atoms with Crippen LogP contribution in [0.1, 0.15) is 13.8 Å². The molecule has 0 spiro atoms. The van der Waals surface area contributed by atoms with Crippen molar-refractivity contribution < 1.29 is 14.4 Å². The van der Waals surface area contributed by atoms with Gasteiger partial charge < -0.3 is 0 Å². The molecule has 0 radical (unpaired) electrons. The van der Waals surface area contributed by atoms with E-state index in [1.165, 1.54) is 7.05 Å². The summed E-state index contributed by atoms with van der Waals surface area (Å²) in [6.07, 6.45) is -0.668. The predicted molar refractivity (Wildman–Crippen MR) is 71.8 cm³/mol. The van der Waals surface area contributed by atoms with E-state index in [0.29, 0.717) is 10.7 Å². The number of halogens is 1. The van der Waals surface area contributed by atoms with E-state index in [4.69, 9.17) is 16.4 Å². The first-order valence-electron chi connectivity index (χ1n) is 5.96. The Bertz CT molecular complexity index is 501. The summed E-state index contributed by atoms with van der Waals surface area (Å²) in [6, 6.07) is 6.15. The third-order valence-corrected chi connectivity index (χ3v) is 3.17. The summed E-state index contributed by atoms with van der Waals surface area (Å²) in [4.78, 5) is 30.6. The van der Waals surface area contributed by atoms with Crippen LogP contribution in [0.15, 0.2) is 24.3 Å². The highest BCUT2D eigenvalue weighted by Gasteiger charge is 2.40. The van der Waals surface area contributed by atoms with Gasteiger partial charge in [-0.25, -0.2) is 4.79 Å². The fourth-order valence-corrected chi connectivity index (χ4v) is 1.91. The summed E-state index contributed by atoms with van der Waals surface area (Å²) in [7, 11) is 1.45. The molecule has 0 N–H and O–H groups in total. The van der Waals surface area contributed by atoms with Gasteiger partial charge in [0.05, 0.1) is 5.69 Å². The van der Waals surface area contributed by atoms with Gasteiger partial charge in [-0.15, -0.1) is 0 Å². The van der Waals surface area contributed by atoms with Gasteiger partial charge in [0.25, 0.3) is 5.91 Å². The van der Waals surface area contributed by atoms with Gasteiger partial charge in [-0.05, 0) is 30.2 Å². The molecule has 0 aliphatic carbocycles. The Balaban J connectivity index is 2.32. The quantitative estimate of drug-likeness (QED) is 0.838. The zero-order valence-electron chi connectivity index (χ0n) is 11.0. The van der Waals surface area contributed by atoms with E-state index in [0.717, 1.165) is 9.96 Å². The summed E-state index contributed by atoms with van der Waals surface area (Å²) in [6.45, 7) is 3.73. The Kier molecular flexibility index (Phi) is 3.78. The number of amides is 3. The molecular weight excluding hydrogens is 268 g/mol. The van der Waals surface area contributed by atoms with Gasteiger partial charge in [-0.2, -0.15) is 5.06 Å². The molecule has 0 saturated carbocycles. The Labute approximate surface area is 116 Å². The van der Waals surface area contributed by atoms with E-state index in [1.807, 2.05) is 13.8 Å². The molecule has 1 aliphatic rings. The second-order valence-corrected chi connectivity index (χ2v) is 5.16. The van der Waals surface area contributed by atoms with Crippen molar-refractivity contribution >= 4 is 29.2 Å². The van der Waals surface area contributed by atoms with Crippen LogP contribution in [-0.2, 0) is 9.63 Å². The highest BCUT2D eigenvalue weighted by molar-refractivity contribution is 6.30. The number of imide groups is 1. The minimum atomic E-state index is -0.668. The number of hydroxylamine groups is 1. The number of urea groups is 1. The number of hydrogen-bond donors (Lipinski definition) is 0. The van der Waals surface area contributed by atoms with Crippen molar-refractivity contribution in [2.75, 3.05) is 12.1 Å². The van der Waals surface area contributed by atoms with Crippen LogP contribution in [0.5, 0.6) is 0 Å². The predicted octanol–water partition coefficient (Wildman–Crippen LogP) is 2.69. The molecule has 2 rings (SSSR count). The van der Waals surface area contributed by atoms with E-state index in [9.17, 15) is 9.59 Å². The van der Waals surface area contributed by atoms with Crippen molar-refractivity contribution in [1.82, 2.24) is 4.90 Å². The maximum atomic E-state index is 12.1. The van der Waals surface area contributed by atoms with E-state index < -0.39 is 12.1 Å². The average molecular weight is 283 g/mol. The monoisotopic (exact) mass is 282 g/mol. The third-order valence-electron chi connectivity index (χ3n) is 2.92.